The average Bonchev–Trinajstić information content (AvgIpc) is 3.39. The molecule has 0 aliphatic carbocycles. The van der Waals surface area contributed by atoms with Crippen LogP contribution in [0.1, 0.15) is 35.9 Å². The Morgan fingerprint density at radius 2 is 2.00 bits per heavy atom. The molecule has 1 N–H and O–H groups in total. The number of hydrogen-bond donors (Lipinski definition) is 1. The lowest BCUT2D eigenvalue weighted by molar-refractivity contribution is -0.130. The quantitative estimate of drug-likeness (QED) is 0.485. The van der Waals surface area contributed by atoms with Crippen molar-refractivity contribution in [3.8, 4) is 5.13 Å². The summed E-state index contributed by atoms with van der Waals surface area (Å²) in [5, 5.41) is 10.7. The molecule has 3 aromatic rings. The van der Waals surface area contributed by atoms with E-state index in [0.717, 1.165) is 32.7 Å². The smallest absolute Gasteiger partial charge is 0.322 e. The third-order valence-corrected chi connectivity index (χ3v) is 6.15. The molecule has 2 aromatic heterocycles. The number of thiazole rings is 1. The number of hydrazone groups is 1. The molecule has 3 amide bonds. The average molecular weight is 422 g/mol. The van der Waals surface area contributed by atoms with Crippen molar-refractivity contribution in [2.24, 2.45) is 5.10 Å². The molecule has 0 spiro atoms. The molecular formula is C22H23N5O2S. The van der Waals surface area contributed by atoms with E-state index in [1.165, 1.54) is 0 Å². The second kappa shape index (κ2) is 7.87. The Labute approximate surface area is 179 Å². The third kappa shape index (κ3) is 3.66. The van der Waals surface area contributed by atoms with E-state index in [4.69, 9.17) is 0 Å². The van der Waals surface area contributed by atoms with Crippen molar-refractivity contribution in [1.82, 2.24) is 19.9 Å². The SMILES string of the molecule is Cc1cc(/C=N\N2C(=O)N[C@@](C)(CCc3ccccc3)C2=O)c(C)n1-c1nccs1. The van der Waals surface area contributed by atoms with Gasteiger partial charge in [0, 0.05) is 28.5 Å². The van der Waals surface area contributed by atoms with E-state index in [1.807, 2.05) is 60.2 Å². The molecule has 1 aliphatic rings. The summed E-state index contributed by atoms with van der Waals surface area (Å²) < 4.78 is 2.03. The van der Waals surface area contributed by atoms with Crippen LogP contribution >= 0.6 is 11.3 Å². The minimum Gasteiger partial charge on any atom is -0.322 e. The Balaban J connectivity index is 1.51. The minimum absolute atomic E-state index is 0.339. The number of aryl methyl sites for hydroxylation is 2. The van der Waals surface area contributed by atoms with Gasteiger partial charge in [0.15, 0.2) is 5.13 Å². The molecule has 8 heteroatoms. The Morgan fingerprint density at radius 3 is 2.70 bits per heavy atom. The van der Waals surface area contributed by atoms with Crippen LogP contribution in [-0.4, -0.2) is 38.3 Å². The van der Waals surface area contributed by atoms with E-state index in [1.54, 1.807) is 30.7 Å². The van der Waals surface area contributed by atoms with Gasteiger partial charge in [-0.3, -0.25) is 9.36 Å². The predicted molar refractivity (Wildman–Crippen MR) is 117 cm³/mol. The van der Waals surface area contributed by atoms with Gasteiger partial charge in [-0.15, -0.1) is 16.3 Å². The molecule has 0 bridgehead atoms. The molecular weight excluding hydrogens is 398 g/mol. The first-order valence-electron chi connectivity index (χ1n) is 9.72. The second-order valence-electron chi connectivity index (χ2n) is 7.59. The summed E-state index contributed by atoms with van der Waals surface area (Å²) in [4.78, 5) is 29.7. The van der Waals surface area contributed by atoms with Crippen LogP contribution < -0.4 is 5.32 Å². The second-order valence-corrected chi connectivity index (χ2v) is 8.46. The maximum atomic E-state index is 12.9. The molecule has 3 heterocycles. The van der Waals surface area contributed by atoms with Gasteiger partial charge in [0.05, 0.1) is 6.21 Å². The Kier molecular flexibility index (Phi) is 5.26. The van der Waals surface area contributed by atoms with Gasteiger partial charge < -0.3 is 5.32 Å². The number of carbonyl (C=O) groups is 2. The van der Waals surface area contributed by atoms with Gasteiger partial charge in [-0.2, -0.15) is 5.10 Å². The van der Waals surface area contributed by atoms with Crippen LogP contribution in [0.25, 0.3) is 5.13 Å². The van der Waals surface area contributed by atoms with Gasteiger partial charge in [-0.25, -0.2) is 9.78 Å². The van der Waals surface area contributed by atoms with E-state index in [9.17, 15) is 9.59 Å². The molecule has 1 atom stereocenters. The molecule has 4 rings (SSSR count). The maximum Gasteiger partial charge on any atom is 0.346 e. The van der Waals surface area contributed by atoms with Crippen LogP contribution in [0.15, 0.2) is 53.1 Å². The lowest BCUT2D eigenvalue weighted by Crippen LogP contribution is -2.44. The number of aromatic nitrogens is 2. The molecule has 1 aliphatic heterocycles. The fraction of sp³-hybridized carbons (Fsp3) is 0.273. The standard InChI is InChI=1S/C22H23N5O2S/c1-15-13-18(16(2)26(15)21-23-11-12-30-21)14-24-27-19(28)22(3,25-20(27)29)10-9-17-7-5-4-6-8-17/h4-8,11-14H,9-10H2,1-3H3,(H,25,29)/b24-14-/t22-/m0/s1. The lowest BCUT2D eigenvalue weighted by atomic mass is 9.93. The van der Waals surface area contributed by atoms with E-state index in [2.05, 4.69) is 15.4 Å². The molecule has 30 heavy (non-hydrogen) atoms. The number of hydrogen-bond acceptors (Lipinski definition) is 5. The summed E-state index contributed by atoms with van der Waals surface area (Å²) in [6.07, 6.45) is 4.52. The fourth-order valence-corrected chi connectivity index (χ4v) is 4.39. The fourth-order valence-electron chi connectivity index (χ4n) is 3.64. The number of amides is 3. The summed E-state index contributed by atoms with van der Waals surface area (Å²) in [7, 11) is 0. The van der Waals surface area contributed by atoms with Crippen LogP contribution in [0.4, 0.5) is 4.79 Å². The van der Waals surface area contributed by atoms with Crippen molar-refractivity contribution >= 4 is 29.5 Å². The van der Waals surface area contributed by atoms with Crippen LogP contribution in [0.5, 0.6) is 0 Å². The van der Waals surface area contributed by atoms with E-state index >= 15 is 0 Å². The highest BCUT2D eigenvalue weighted by molar-refractivity contribution is 7.12. The summed E-state index contributed by atoms with van der Waals surface area (Å²) >= 11 is 1.54. The molecule has 0 radical (unpaired) electrons. The van der Waals surface area contributed by atoms with Crippen molar-refractivity contribution in [1.29, 1.82) is 0 Å². The lowest BCUT2D eigenvalue weighted by Gasteiger charge is -2.20. The number of nitrogens with one attached hydrogen (secondary N) is 1. The van der Waals surface area contributed by atoms with E-state index in [-0.39, 0.29) is 5.91 Å². The van der Waals surface area contributed by atoms with E-state index < -0.39 is 11.6 Å². The molecule has 0 saturated carbocycles. The van der Waals surface area contributed by atoms with Crippen LogP contribution in [-0.2, 0) is 11.2 Å². The zero-order valence-corrected chi connectivity index (χ0v) is 17.9. The Morgan fingerprint density at radius 1 is 1.23 bits per heavy atom. The monoisotopic (exact) mass is 421 g/mol. The van der Waals surface area contributed by atoms with Crippen LogP contribution in [0, 0.1) is 13.8 Å². The first-order valence-corrected chi connectivity index (χ1v) is 10.6. The summed E-state index contributed by atoms with van der Waals surface area (Å²) in [6, 6.07) is 11.4. The molecule has 1 saturated heterocycles. The number of benzene rings is 1. The predicted octanol–water partition coefficient (Wildman–Crippen LogP) is 3.83. The first-order chi connectivity index (χ1) is 14.4. The highest BCUT2D eigenvalue weighted by atomic mass is 32.1. The van der Waals surface area contributed by atoms with E-state index in [0.29, 0.717) is 12.8 Å². The number of carbonyl (C=O) groups excluding carboxylic acids is 2. The number of rotatable bonds is 6. The first kappa shape index (κ1) is 20.0. The molecule has 1 fully saturated rings. The molecule has 7 nitrogen and oxygen atoms in total. The third-order valence-electron chi connectivity index (χ3n) is 5.39. The summed E-state index contributed by atoms with van der Waals surface area (Å²) in [6.45, 7) is 5.70. The Hall–Kier alpha value is -3.26. The summed E-state index contributed by atoms with van der Waals surface area (Å²) in [5.41, 5.74) is 2.94. The van der Waals surface area contributed by atoms with Gasteiger partial charge in [0.1, 0.15) is 5.54 Å². The normalized spacial score (nSPS) is 19.1. The van der Waals surface area contributed by atoms with Crippen molar-refractivity contribution in [3.05, 3.63) is 70.5 Å². The van der Waals surface area contributed by atoms with Crippen LogP contribution in [0.2, 0.25) is 0 Å². The van der Waals surface area contributed by atoms with Crippen LogP contribution in [0.3, 0.4) is 0 Å². The van der Waals surface area contributed by atoms with Gasteiger partial charge in [0.2, 0.25) is 0 Å². The van der Waals surface area contributed by atoms with Gasteiger partial charge in [0.25, 0.3) is 5.91 Å². The van der Waals surface area contributed by atoms with Crippen molar-refractivity contribution < 1.29 is 9.59 Å². The van der Waals surface area contributed by atoms with Gasteiger partial charge >= 0.3 is 6.03 Å². The number of imide groups is 1. The maximum absolute atomic E-state index is 12.9. The van der Waals surface area contributed by atoms with Crippen molar-refractivity contribution in [3.63, 3.8) is 0 Å². The van der Waals surface area contributed by atoms with Gasteiger partial charge in [-0.05, 0) is 45.2 Å². The largest absolute Gasteiger partial charge is 0.346 e. The van der Waals surface area contributed by atoms with Crippen molar-refractivity contribution in [2.45, 2.75) is 39.2 Å². The highest BCUT2D eigenvalue weighted by Crippen LogP contribution is 2.25. The summed E-state index contributed by atoms with van der Waals surface area (Å²) in [5.74, 6) is -0.339. The van der Waals surface area contributed by atoms with Crippen molar-refractivity contribution in [2.75, 3.05) is 0 Å². The topological polar surface area (TPSA) is 79.6 Å². The molecule has 0 unspecified atom stereocenters. The molecule has 154 valence electrons. The zero-order chi connectivity index (χ0) is 21.3. The minimum atomic E-state index is -0.970. The number of urea groups is 1. The highest BCUT2D eigenvalue weighted by Gasteiger charge is 2.47. The number of nitrogens with zero attached hydrogens (tertiary/aromatic N) is 4. The Bertz CT molecular complexity index is 1100. The van der Waals surface area contributed by atoms with Gasteiger partial charge in [-0.1, -0.05) is 30.3 Å². The molecule has 1 aromatic carbocycles. The zero-order valence-electron chi connectivity index (χ0n) is 17.1.